The summed E-state index contributed by atoms with van der Waals surface area (Å²) in [6.45, 7) is 0.581. The predicted molar refractivity (Wildman–Crippen MR) is 94.3 cm³/mol. The van der Waals surface area contributed by atoms with Gasteiger partial charge in [0.05, 0.1) is 24.1 Å². The van der Waals surface area contributed by atoms with Crippen LogP contribution in [0.3, 0.4) is 0 Å². The van der Waals surface area contributed by atoms with Gasteiger partial charge in [0, 0.05) is 18.1 Å². The number of methoxy groups -OCH3 is 1. The lowest BCUT2D eigenvalue weighted by Crippen LogP contribution is -2.33. The monoisotopic (exact) mass is 365 g/mol. The molecule has 0 atom stereocenters. The first-order valence-corrected chi connectivity index (χ1v) is 8.12. The van der Waals surface area contributed by atoms with Gasteiger partial charge >= 0.3 is 5.97 Å². The summed E-state index contributed by atoms with van der Waals surface area (Å²) in [4.78, 5) is 25.8. The number of ether oxygens (including phenoxy) is 1. The number of halogens is 2. The van der Waals surface area contributed by atoms with Crippen molar-refractivity contribution in [2.45, 2.75) is 13.0 Å². The Balaban J connectivity index is 2.21. The van der Waals surface area contributed by atoms with E-state index in [0.29, 0.717) is 22.2 Å². The summed E-state index contributed by atoms with van der Waals surface area (Å²) in [7, 11) is 1.32. The summed E-state index contributed by atoms with van der Waals surface area (Å²) in [5, 5.41) is 0.999. The van der Waals surface area contributed by atoms with Crippen LogP contribution in [0.15, 0.2) is 48.5 Å². The molecule has 0 bridgehead atoms. The quantitative estimate of drug-likeness (QED) is 0.720. The van der Waals surface area contributed by atoms with Crippen molar-refractivity contribution in [3.63, 3.8) is 0 Å². The fourth-order valence-corrected chi connectivity index (χ4v) is 2.54. The highest BCUT2D eigenvalue weighted by Gasteiger charge is 2.19. The van der Waals surface area contributed by atoms with E-state index in [2.05, 4.69) is 4.74 Å². The summed E-state index contributed by atoms with van der Waals surface area (Å²) in [6.07, 6.45) is 0.111. The van der Waals surface area contributed by atoms with Gasteiger partial charge in [-0.25, -0.2) is 0 Å². The summed E-state index contributed by atoms with van der Waals surface area (Å²) >= 11 is 12.0. The van der Waals surface area contributed by atoms with Crippen LogP contribution in [0.1, 0.15) is 22.3 Å². The number of esters is 1. The number of carbonyl (C=O) groups excluding carboxylic acids is 2. The molecule has 6 heteroatoms. The maximum absolute atomic E-state index is 12.8. The normalized spacial score (nSPS) is 10.3. The zero-order valence-corrected chi connectivity index (χ0v) is 14.7. The largest absolute Gasteiger partial charge is 0.469 e. The third-order valence-corrected chi connectivity index (χ3v) is 4.07. The van der Waals surface area contributed by atoms with Crippen molar-refractivity contribution in [3.05, 3.63) is 69.7 Å². The van der Waals surface area contributed by atoms with Crippen molar-refractivity contribution >= 4 is 35.1 Å². The average molecular weight is 366 g/mol. The van der Waals surface area contributed by atoms with Gasteiger partial charge in [-0.1, -0.05) is 47.5 Å². The van der Waals surface area contributed by atoms with Gasteiger partial charge in [-0.05, 0) is 29.8 Å². The zero-order chi connectivity index (χ0) is 17.5. The fraction of sp³-hybridized carbons (Fsp3) is 0.222. The second-order valence-electron chi connectivity index (χ2n) is 5.16. The molecule has 0 unspecified atom stereocenters. The van der Waals surface area contributed by atoms with E-state index in [-0.39, 0.29) is 24.8 Å². The second-order valence-corrected chi connectivity index (χ2v) is 6.00. The van der Waals surface area contributed by atoms with Gasteiger partial charge in [-0.3, -0.25) is 9.59 Å². The Labute approximate surface area is 150 Å². The topological polar surface area (TPSA) is 46.6 Å². The second kappa shape index (κ2) is 8.71. The molecule has 0 saturated heterocycles. The van der Waals surface area contributed by atoms with E-state index >= 15 is 0 Å². The average Bonchev–Trinajstić information content (AvgIpc) is 2.59. The summed E-state index contributed by atoms with van der Waals surface area (Å²) in [6, 6.07) is 14.0. The number of nitrogens with zero attached hydrogens (tertiary/aromatic N) is 1. The highest BCUT2D eigenvalue weighted by Crippen LogP contribution is 2.19. The molecule has 126 valence electrons. The number of rotatable bonds is 6. The van der Waals surface area contributed by atoms with Crippen molar-refractivity contribution in [3.8, 4) is 0 Å². The molecule has 0 aliphatic carbocycles. The maximum atomic E-state index is 12.8. The molecule has 0 heterocycles. The molecule has 24 heavy (non-hydrogen) atoms. The zero-order valence-electron chi connectivity index (χ0n) is 13.2. The van der Waals surface area contributed by atoms with Crippen LogP contribution in [0.25, 0.3) is 0 Å². The van der Waals surface area contributed by atoms with Crippen molar-refractivity contribution in [1.29, 1.82) is 0 Å². The van der Waals surface area contributed by atoms with Crippen molar-refractivity contribution < 1.29 is 14.3 Å². The number of amides is 1. The van der Waals surface area contributed by atoms with Crippen molar-refractivity contribution in [2.24, 2.45) is 0 Å². The third kappa shape index (κ3) is 4.98. The molecule has 2 rings (SSSR count). The maximum Gasteiger partial charge on any atom is 0.307 e. The van der Waals surface area contributed by atoms with E-state index in [4.69, 9.17) is 23.2 Å². The molecule has 1 amide bonds. The molecule has 0 aliphatic rings. The predicted octanol–water partition coefficient (Wildman–Crippen LogP) is 4.20. The Kier molecular flexibility index (Phi) is 6.64. The standard InChI is InChI=1S/C18H17Cl2NO3/c1-24-17(22)10-11-21(12-13-6-8-14(19)9-7-13)18(23)15-4-2-3-5-16(15)20/h2-9H,10-12H2,1H3. The van der Waals surface area contributed by atoms with Crippen LogP contribution in [0.5, 0.6) is 0 Å². The minimum Gasteiger partial charge on any atom is -0.469 e. The van der Waals surface area contributed by atoms with Crippen LogP contribution in [0, 0.1) is 0 Å². The molecular formula is C18H17Cl2NO3. The minimum atomic E-state index is -0.372. The first-order valence-electron chi connectivity index (χ1n) is 7.36. The minimum absolute atomic E-state index is 0.111. The molecule has 0 spiro atoms. The summed E-state index contributed by atoms with van der Waals surface area (Å²) < 4.78 is 4.66. The fourth-order valence-electron chi connectivity index (χ4n) is 2.20. The highest BCUT2D eigenvalue weighted by atomic mass is 35.5. The Morgan fingerprint density at radius 2 is 1.71 bits per heavy atom. The molecule has 0 aliphatic heterocycles. The van der Waals surface area contributed by atoms with E-state index in [1.165, 1.54) is 7.11 Å². The van der Waals surface area contributed by atoms with E-state index in [1.54, 1.807) is 41.3 Å². The van der Waals surface area contributed by atoms with E-state index in [1.807, 2.05) is 12.1 Å². The molecule has 4 nitrogen and oxygen atoms in total. The highest BCUT2D eigenvalue weighted by molar-refractivity contribution is 6.33. The first kappa shape index (κ1) is 18.3. The Bertz CT molecular complexity index is 716. The summed E-state index contributed by atoms with van der Waals surface area (Å²) in [5.41, 5.74) is 1.31. The van der Waals surface area contributed by atoms with Crippen LogP contribution in [-0.4, -0.2) is 30.4 Å². The number of hydrogen-bond donors (Lipinski definition) is 0. The van der Waals surface area contributed by atoms with Crippen LogP contribution < -0.4 is 0 Å². The molecular weight excluding hydrogens is 349 g/mol. The van der Waals surface area contributed by atoms with E-state index in [0.717, 1.165) is 5.56 Å². The van der Waals surface area contributed by atoms with Crippen molar-refractivity contribution in [2.75, 3.05) is 13.7 Å². The van der Waals surface area contributed by atoms with Crippen LogP contribution in [-0.2, 0) is 16.1 Å². The molecule has 0 aromatic heterocycles. The van der Waals surface area contributed by atoms with Gasteiger partial charge in [-0.15, -0.1) is 0 Å². The summed E-state index contributed by atoms with van der Waals surface area (Å²) in [5.74, 6) is -0.609. The molecule has 2 aromatic carbocycles. The molecule has 2 aromatic rings. The third-order valence-electron chi connectivity index (χ3n) is 3.49. The lowest BCUT2D eigenvalue weighted by molar-refractivity contribution is -0.140. The van der Waals surface area contributed by atoms with Crippen LogP contribution >= 0.6 is 23.2 Å². The molecule has 0 N–H and O–H groups in total. The van der Waals surface area contributed by atoms with Gasteiger partial charge in [-0.2, -0.15) is 0 Å². The Morgan fingerprint density at radius 3 is 2.33 bits per heavy atom. The van der Waals surface area contributed by atoms with Gasteiger partial charge < -0.3 is 9.64 Å². The Hall–Kier alpha value is -2.04. The number of carbonyl (C=O) groups is 2. The van der Waals surface area contributed by atoms with Gasteiger partial charge in [0.2, 0.25) is 0 Å². The van der Waals surface area contributed by atoms with Gasteiger partial charge in [0.1, 0.15) is 0 Å². The van der Waals surface area contributed by atoms with Gasteiger partial charge in [0.15, 0.2) is 0 Å². The molecule has 0 saturated carbocycles. The lowest BCUT2D eigenvalue weighted by Gasteiger charge is -2.23. The SMILES string of the molecule is COC(=O)CCN(Cc1ccc(Cl)cc1)C(=O)c1ccccc1Cl. The van der Waals surface area contributed by atoms with Gasteiger partial charge in [0.25, 0.3) is 5.91 Å². The lowest BCUT2D eigenvalue weighted by atomic mass is 10.1. The van der Waals surface area contributed by atoms with E-state index < -0.39 is 0 Å². The number of hydrogen-bond acceptors (Lipinski definition) is 3. The molecule has 0 fully saturated rings. The van der Waals surface area contributed by atoms with Crippen LogP contribution in [0.4, 0.5) is 0 Å². The smallest absolute Gasteiger partial charge is 0.307 e. The first-order chi connectivity index (χ1) is 11.5. The Morgan fingerprint density at radius 1 is 1.04 bits per heavy atom. The number of benzene rings is 2. The van der Waals surface area contributed by atoms with Crippen LogP contribution in [0.2, 0.25) is 10.0 Å². The van der Waals surface area contributed by atoms with Crippen molar-refractivity contribution in [1.82, 2.24) is 4.90 Å². The molecule has 0 radical (unpaired) electrons. The van der Waals surface area contributed by atoms with E-state index in [9.17, 15) is 9.59 Å².